The van der Waals surface area contributed by atoms with Gasteiger partial charge in [-0.15, -0.1) is 0 Å². The van der Waals surface area contributed by atoms with E-state index in [0.29, 0.717) is 37.1 Å². The predicted molar refractivity (Wildman–Crippen MR) is 101 cm³/mol. The van der Waals surface area contributed by atoms with E-state index in [1.807, 2.05) is 18.2 Å². The zero-order chi connectivity index (χ0) is 19.4. The molecule has 6 nitrogen and oxygen atoms in total. The molecular weight excluding hydrogens is 344 g/mol. The number of amides is 2. The lowest BCUT2D eigenvalue weighted by Crippen LogP contribution is -2.46. The molecule has 0 aromatic heterocycles. The largest absolute Gasteiger partial charge is 0.478 e. The molecule has 1 heterocycles. The van der Waals surface area contributed by atoms with Crippen molar-refractivity contribution in [2.45, 2.75) is 25.8 Å². The van der Waals surface area contributed by atoms with Crippen LogP contribution in [-0.2, 0) is 0 Å². The minimum Gasteiger partial charge on any atom is -0.478 e. The average molecular weight is 366 g/mol. The molecule has 2 aromatic carbocycles. The molecule has 3 rings (SSSR count). The molecule has 6 heteroatoms. The number of aryl methyl sites for hydroxylation is 1. The number of carbonyl (C=O) groups excluding carboxylic acids is 2. The summed E-state index contributed by atoms with van der Waals surface area (Å²) in [6.45, 7) is 2.91. The SMILES string of the molecule is Cc1cc(C(=O)O)cc(C(=O)NC2CCN(C(=O)c3ccccc3)CC2)c1. The van der Waals surface area contributed by atoms with Crippen LogP contribution in [0.1, 0.15) is 49.5 Å². The quantitative estimate of drug-likeness (QED) is 0.871. The number of carboxylic acids is 1. The minimum absolute atomic E-state index is 0.00478. The Bertz CT molecular complexity index is 856. The van der Waals surface area contributed by atoms with Crippen LogP contribution in [0.25, 0.3) is 0 Å². The fourth-order valence-corrected chi connectivity index (χ4v) is 3.30. The van der Waals surface area contributed by atoms with E-state index >= 15 is 0 Å². The average Bonchev–Trinajstić information content (AvgIpc) is 2.68. The summed E-state index contributed by atoms with van der Waals surface area (Å²) in [5, 5.41) is 12.1. The third-order valence-corrected chi connectivity index (χ3v) is 4.72. The standard InChI is InChI=1S/C21H22N2O4/c1-14-11-16(13-17(12-14)21(26)27)19(24)22-18-7-9-23(10-8-18)20(25)15-5-3-2-4-6-15/h2-6,11-13,18H,7-10H2,1H3,(H,22,24)(H,26,27). The van der Waals surface area contributed by atoms with Crippen LogP contribution in [0, 0.1) is 6.92 Å². The van der Waals surface area contributed by atoms with Crippen molar-refractivity contribution in [2.75, 3.05) is 13.1 Å². The van der Waals surface area contributed by atoms with Gasteiger partial charge in [-0.2, -0.15) is 0 Å². The van der Waals surface area contributed by atoms with Crippen LogP contribution in [0.3, 0.4) is 0 Å². The van der Waals surface area contributed by atoms with Gasteiger partial charge in [0.1, 0.15) is 0 Å². The smallest absolute Gasteiger partial charge is 0.335 e. The van der Waals surface area contributed by atoms with Crippen molar-refractivity contribution >= 4 is 17.8 Å². The number of aromatic carboxylic acids is 1. The van der Waals surface area contributed by atoms with Crippen molar-refractivity contribution in [1.29, 1.82) is 0 Å². The first-order valence-corrected chi connectivity index (χ1v) is 8.94. The lowest BCUT2D eigenvalue weighted by Gasteiger charge is -2.32. The van der Waals surface area contributed by atoms with Gasteiger partial charge in [0, 0.05) is 30.3 Å². The second-order valence-corrected chi connectivity index (χ2v) is 6.80. The number of nitrogens with zero attached hydrogens (tertiary/aromatic N) is 1. The van der Waals surface area contributed by atoms with Gasteiger partial charge in [0.2, 0.25) is 0 Å². The lowest BCUT2D eigenvalue weighted by molar-refractivity contribution is 0.0688. The van der Waals surface area contributed by atoms with Gasteiger partial charge in [-0.1, -0.05) is 18.2 Å². The van der Waals surface area contributed by atoms with Crippen LogP contribution in [0.15, 0.2) is 48.5 Å². The molecule has 0 bridgehead atoms. The zero-order valence-electron chi connectivity index (χ0n) is 15.1. The van der Waals surface area contributed by atoms with Crippen molar-refractivity contribution in [3.8, 4) is 0 Å². The van der Waals surface area contributed by atoms with Crippen molar-refractivity contribution in [3.63, 3.8) is 0 Å². The first-order valence-electron chi connectivity index (χ1n) is 8.94. The minimum atomic E-state index is -1.06. The van der Waals surface area contributed by atoms with Crippen LogP contribution < -0.4 is 5.32 Å². The van der Waals surface area contributed by atoms with Gasteiger partial charge in [-0.05, 0) is 55.7 Å². The van der Waals surface area contributed by atoms with E-state index in [9.17, 15) is 14.4 Å². The number of piperidine rings is 1. The second kappa shape index (κ2) is 8.03. The number of nitrogens with one attached hydrogen (secondary N) is 1. The fourth-order valence-electron chi connectivity index (χ4n) is 3.30. The summed E-state index contributed by atoms with van der Waals surface area (Å²) in [5.41, 5.74) is 1.84. The number of likely N-dealkylation sites (tertiary alicyclic amines) is 1. The van der Waals surface area contributed by atoms with E-state index in [1.165, 1.54) is 12.1 Å². The normalized spacial score (nSPS) is 14.6. The first-order chi connectivity index (χ1) is 12.9. The summed E-state index contributed by atoms with van der Waals surface area (Å²) in [7, 11) is 0. The van der Waals surface area contributed by atoms with Crippen molar-refractivity contribution in [3.05, 3.63) is 70.8 Å². The van der Waals surface area contributed by atoms with E-state index in [1.54, 1.807) is 30.0 Å². The molecule has 0 aliphatic carbocycles. The van der Waals surface area contributed by atoms with Gasteiger partial charge < -0.3 is 15.3 Å². The van der Waals surface area contributed by atoms with Crippen molar-refractivity contribution < 1.29 is 19.5 Å². The molecular formula is C21H22N2O4. The number of carbonyl (C=O) groups is 3. The summed E-state index contributed by atoms with van der Waals surface area (Å²) in [6.07, 6.45) is 1.34. The maximum absolute atomic E-state index is 12.5. The van der Waals surface area contributed by atoms with Crippen LogP contribution in [0.5, 0.6) is 0 Å². The molecule has 1 fully saturated rings. The Morgan fingerprint density at radius 1 is 0.963 bits per heavy atom. The van der Waals surface area contributed by atoms with E-state index in [2.05, 4.69) is 5.32 Å². The van der Waals surface area contributed by atoms with E-state index in [-0.39, 0.29) is 23.4 Å². The monoisotopic (exact) mass is 366 g/mol. The number of benzene rings is 2. The molecule has 0 atom stereocenters. The highest BCUT2D eigenvalue weighted by Gasteiger charge is 2.25. The van der Waals surface area contributed by atoms with E-state index in [4.69, 9.17) is 5.11 Å². The van der Waals surface area contributed by atoms with Crippen LogP contribution >= 0.6 is 0 Å². The van der Waals surface area contributed by atoms with Crippen LogP contribution in [0.2, 0.25) is 0 Å². The molecule has 0 unspecified atom stereocenters. The highest BCUT2D eigenvalue weighted by molar-refractivity contribution is 5.98. The molecule has 1 aliphatic heterocycles. The maximum Gasteiger partial charge on any atom is 0.335 e. The van der Waals surface area contributed by atoms with Gasteiger partial charge in [0.15, 0.2) is 0 Å². The maximum atomic E-state index is 12.5. The molecule has 0 radical (unpaired) electrons. The molecule has 140 valence electrons. The Morgan fingerprint density at radius 2 is 1.59 bits per heavy atom. The Kier molecular flexibility index (Phi) is 5.54. The summed E-state index contributed by atoms with van der Waals surface area (Å²) >= 11 is 0. The molecule has 0 saturated carbocycles. The summed E-state index contributed by atoms with van der Waals surface area (Å²) in [4.78, 5) is 37.9. The number of rotatable bonds is 4. The fraction of sp³-hybridized carbons (Fsp3) is 0.286. The van der Waals surface area contributed by atoms with Gasteiger partial charge in [-0.25, -0.2) is 4.79 Å². The molecule has 1 saturated heterocycles. The second-order valence-electron chi connectivity index (χ2n) is 6.80. The molecule has 27 heavy (non-hydrogen) atoms. The number of carboxylic acid groups (broad SMARTS) is 1. The number of hydrogen-bond acceptors (Lipinski definition) is 3. The van der Waals surface area contributed by atoms with Crippen LogP contribution in [-0.4, -0.2) is 46.9 Å². The Morgan fingerprint density at radius 3 is 2.22 bits per heavy atom. The van der Waals surface area contributed by atoms with E-state index < -0.39 is 5.97 Å². The molecule has 1 aliphatic rings. The summed E-state index contributed by atoms with van der Waals surface area (Å²) in [6, 6.07) is 13.7. The Balaban J connectivity index is 1.58. The molecule has 2 aromatic rings. The van der Waals surface area contributed by atoms with Crippen molar-refractivity contribution in [2.24, 2.45) is 0 Å². The topological polar surface area (TPSA) is 86.7 Å². The third-order valence-electron chi connectivity index (χ3n) is 4.72. The molecule has 0 spiro atoms. The summed E-state index contributed by atoms with van der Waals surface area (Å²) in [5.74, 6) is -1.33. The number of hydrogen-bond donors (Lipinski definition) is 2. The van der Waals surface area contributed by atoms with Crippen molar-refractivity contribution in [1.82, 2.24) is 10.2 Å². The summed E-state index contributed by atoms with van der Waals surface area (Å²) < 4.78 is 0. The molecule has 2 amide bonds. The van der Waals surface area contributed by atoms with Crippen LogP contribution in [0.4, 0.5) is 0 Å². The van der Waals surface area contributed by atoms with Gasteiger partial charge in [0.25, 0.3) is 11.8 Å². The highest BCUT2D eigenvalue weighted by Crippen LogP contribution is 2.16. The molecule has 2 N–H and O–H groups in total. The Hall–Kier alpha value is -3.15. The highest BCUT2D eigenvalue weighted by atomic mass is 16.4. The van der Waals surface area contributed by atoms with Gasteiger partial charge in [0.05, 0.1) is 5.56 Å². The lowest BCUT2D eigenvalue weighted by atomic mass is 10.0. The zero-order valence-corrected chi connectivity index (χ0v) is 15.1. The van der Waals surface area contributed by atoms with Gasteiger partial charge >= 0.3 is 5.97 Å². The predicted octanol–water partition coefficient (Wildman–Crippen LogP) is 2.73. The van der Waals surface area contributed by atoms with Gasteiger partial charge in [-0.3, -0.25) is 9.59 Å². The van der Waals surface area contributed by atoms with E-state index in [0.717, 1.165) is 5.56 Å². The first kappa shape index (κ1) is 18.6. The third kappa shape index (κ3) is 4.53. The Labute approximate surface area is 157 Å².